The molecule has 0 fully saturated rings. The number of hydrogen-bond acceptors (Lipinski definition) is 2. The Kier molecular flexibility index (Phi) is 3.15. The van der Waals surface area contributed by atoms with Crippen LogP contribution in [0.25, 0.3) is 0 Å². The van der Waals surface area contributed by atoms with Gasteiger partial charge in [0.2, 0.25) is 0 Å². The number of alkyl halides is 5. The minimum absolute atomic E-state index is 0.460. The molecule has 0 aliphatic heterocycles. The van der Waals surface area contributed by atoms with Gasteiger partial charge < -0.3 is 0 Å². The number of halogens is 6. The normalized spacial score (nSPS) is 13.6. The van der Waals surface area contributed by atoms with Gasteiger partial charge in [-0.2, -0.15) is 22.0 Å². The molecule has 0 N–H and O–H groups in total. The number of rotatable bonds is 2. The molecule has 0 radical (unpaired) electrons. The lowest BCUT2D eigenvalue weighted by molar-refractivity contribution is -0.290. The molecule has 0 aliphatic rings. The van der Waals surface area contributed by atoms with Crippen LogP contribution in [0.2, 0.25) is 5.15 Å². The Hall–Kier alpha value is -0.920. The lowest BCUT2D eigenvalue weighted by Gasteiger charge is -2.17. The molecule has 0 unspecified atom stereocenters. The van der Waals surface area contributed by atoms with E-state index in [1.165, 1.54) is 13.8 Å². The number of hydrogen-bond donors (Lipinski definition) is 0. The molecule has 1 heterocycles. The first-order valence-electron chi connectivity index (χ1n) is 4.14. The van der Waals surface area contributed by atoms with Crippen LogP contribution in [0.5, 0.6) is 0 Å². The summed E-state index contributed by atoms with van der Waals surface area (Å²) in [6.07, 6.45) is -5.74. The van der Waals surface area contributed by atoms with Gasteiger partial charge >= 0.3 is 12.1 Å². The summed E-state index contributed by atoms with van der Waals surface area (Å²) in [7, 11) is 0. The Bertz CT molecular complexity index is 384. The summed E-state index contributed by atoms with van der Waals surface area (Å²) in [5.74, 6) is -5.10. The molecule has 1 rings (SSSR count). The molecule has 0 amide bonds. The van der Waals surface area contributed by atoms with Gasteiger partial charge in [0, 0.05) is 6.04 Å². The van der Waals surface area contributed by atoms with Crippen LogP contribution in [-0.4, -0.2) is 21.2 Å². The second-order valence-electron chi connectivity index (χ2n) is 3.34. The van der Waals surface area contributed by atoms with Crippen molar-refractivity contribution in [1.29, 1.82) is 0 Å². The number of nitrogens with zero attached hydrogens (tertiary/aromatic N) is 3. The fraction of sp³-hybridized carbons (Fsp3) is 0.714. The van der Waals surface area contributed by atoms with Gasteiger partial charge in [-0.3, -0.25) is 0 Å². The molecular formula is C7H7ClF5N3. The first-order chi connectivity index (χ1) is 7.09. The van der Waals surface area contributed by atoms with E-state index in [0.717, 1.165) is 4.68 Å². The SMILES string of the molecule is CC(C)n1nnc(C(F)(F)C(F)(F)F)c1Cl. The van der Waals surface area contributed by atoms with Gasteiger partial charge in [0.15, 0.2) is 10.8 Å². The summed E-state index contributed by atoms with van der Waals surface area (Å²) >= 11 is 5.37. The second-order valence-corrected chi connectivity index (χ2v) is 3.70. The van der Waals surface area contributed by atoms with E-state index in [1.807, 2.05) is 0 Å². The van der Waals surface area contributed by atoms with E-state index in [4.69, 9.17) is 11.6 Å². The zero-order valence-corrected chi connectivity index (χ0v) is 8.94. The fourth-order valence-corrected chi connectivity index (χ4v) is 1.32. The van der Waals surface area contributed by atoms with Crippen molar-refractivity contribution >= 4 is 11.6 Å². The summed E-state index contributed by atoms with van der Waals surface area (Å²) in [4.78, 5) is 0. The monoisotopic (exact) mass is 263 g/mol. The van der Waals surface area contributed by atoms with Crippen molar-refractivity contribution in [1.82, 2.24) is 15.0 Å². The Morgan fingerprint density at radius 3 is 2.00 bits per heavy atom. The van der Waals surface area contributed by atoms with Crippen LogP contribution in [0.1, 0.15) is 25.6 Å². The van der Waals surface area contributed by atoms with Crippen molar-refractivity contribution in [2.24, 2.45) is 0 Å². The third-order valence-electron chi connectivity index (χ3n) is 1.78. The van der Waals surface area contributed by atoms with E-state index >= 15 is 0 Å². The molecule has 16 heavy (non-hydrogen) atoms. The highest BCUT2D eigenvalue weighted by molar-refractivity contribution is 6.30. The van der Waals surface area contributed by atoms with Crippen molar-refractivity contribution in [2.75, 3.05) is 0 Å². The van der Waals surface area contributed by atoms with Crippen LogP contribution in [0.15, 0.2) is 0 Å². The van der Waals surface area contributed by atoms with Crippen LogP contribution in [-0.2, 0) is 5.92 Å². The standard InChI is InChI=1S/C7H7ClF5N3/c1-3(2)16-5(8)4(14-15-16)6(9,10)7(11,12)13/h3H,1-2H3. The van der Waals surface area contributed by atoms with Crippen molar-refractivity contribution in [3.63, 3.8) is 0 Å². The highest BCUT2D eigenvalue weighted by Crippen LogP contribution is 2.45. The van der Waals surface area contributed by atoms with Crippen LogP contribution in [0.3, 0.4) is 0 Å². The molecule has 0 spiro atoms. The first-order valence-corrected chi connectivity index (χ1v) is 4.52. The predicted molar refractivity (Wildman–Crippen MR) is 45.4 cm³/mol. The van der Waals surface area contributed by atoms with E-state index in [-0.39, 0.29) is 0 Å². The maximum Gasteiger partial charge on any atom is 0.459 e. The molecule has 0 bridgehead atoms. The van der Waals surface area contributed by atoms with E-state index < -0.39 is 29.0 Å². The molecule has 1 aromatic heterocycles. The van der Waals surface area contributed by atoms with Crippen molar-refractivity contribution in [2.45, 2.75) is 32.0 Å². The Morgan fingerprint density at radius 2 is 1.69 bits per heavy atom. The van der Waals surface area contributed by atoms with Crippen molar-refractivity contribution in [3.05, 3.63) is 10.8 Å². The molecule has 9 heteroatoms. The lowest BCUT2D eigenvalue weighted by Crippen LogP contribution is -2.34. The maximum atomic E-state index is 12.9. The average molecular weight is 264 g/mol. The van der Waals surface area contributed by atoms with Gasteiger partial charge in [0.1, 0.15) is 0 Å². The van der Waals surface area contributed by atoms with Crippen LogP contribution < -0.4 is 0 Å². The van der Waals surface area contributed by atoms with Gasteiger partial charge in [-0.15, -0.1) is 5.10 Å². The molecule has 3 nitrogen and oxygen atoms in total. The summed E-state index contributed by atoms with van der Waals surface area (Å²) in [5.41, 5.74) is -1.57. The third-order valence-corrected chi connectivity index (χ3v) is 2.13. The van der Waals surface area contributed by atoms with Gasteiger partial charge in [-0.05, 0) is 13.8 Å². The molecule has 1 aromatic rings. The molecule has 92 valence electrons. The molecule has 0 atom stereocenters. The first kappa shape index (κ1) is 13.1. The third kappa shape index (κ3) is 1.98. The van der Waals surface area contributed by atoms with Crippen LogP contribution in [0.4, 0.5) is 22.0 Å². The highest BCUT2D eigenvalue weighted by atomic mass is 35.5. The molecule has 0 aliphatic carbocycles. The predicted octanol–water partition coefficient (Wildman–Crippen LogP) is 3.17. The van der Waals surface area contributed by atoms with E-state index in [0.29, 0.717) is 0 Å². The van der Waals surface area contributed by atoms with Gasteiger partial charge in [-0.25, -0.2) is 4.68 Å². The van der Waals surface area contributed by atoms with Crippen LogP contribution in [0, 0.1) is 0 Å². The summed E-state index contributed by atoms with van der Waals surface area (Å²) in [6, 6.07) is -0.460. The summed E-state index contributed by atoms with van der Waals surface area (Å²) < 4.78 is 62.6. The van der Waals surface area contributed by atoms with Crippen molar-refractivity contribution < 1.29 is 22.0 Å². The summed E-state index contributed by atoms with van der Waals surface area (Å²) in [6.45, 7) is 3.05. The fourth-order valence-electron chi connectivity index (χ4n) is 0.938. The largest absolute Gasteiger partial charge is 0.459 e. The maximum absolute atomic E-state index is 12.9. The molecule has 0 saturated heterocycles. The topological polar surface area (TPSA) is 30.7 Å². The van der Waals surface area contributed by atoms with E-state index in [2.05, 4.69) is 10.3 Å². The highest BCUT2D eigenvalue weighted by Gasteiger charge is 2.62. The smallest absolute Gasteiger partial charge is 0.231 e. The number of aromatic nitrogens is 3. The molecular weight excluding hydrogens is 257 g/mol. The van der Waals surface area contributed by atoms with Gasteiger partial charge in [0.05, 0.1) is 0 Å². The second kappa shape index (κ2) is 3.83. The van der Waals surface area contributed by atoms with Gasteiger partial charge in [-0.1, -0.05) is 16.8 Å². The minimum Gasteiger partial charge on any atom is -0.231 e. The minimum atomic E-state index is -5.74. The molecule has 0 saturated carbocycles. The Balaban J connectivity index is 3.25. The average Bonchev–Trinajstić information content (AvgIpc) is 2.44. The Morgan fingerprint density at radius 1 is 1.19 bits per heavy atom. The van der Waals surface area contributed by atoms with Crippen molar-refractivity contribution in [3.8, 4) is 0 Å². The van der Waals surface area contributed by atoms with E-state index in [9.17, 15) is 22.0 Å². The van der Waals surface area contributed by atoms with Crippen LogP contribution >= 0.6 is 11.6 Å². The zero-order valence-electron chi connectivity index (χ0n) is 8.19. The lowest BCUT2D eigenvalue weighted by atomic mass is 10.2. The molecule has 0 aromatic carbocycles. The Labute approximate surface area is 92.2 Å². The quantitative estimate of drug-likeness (QED) is 0.768. The zero-order chi connectivity index (χ0) is 12.7. The van der Waals surface area contributed by atoms with E-state index in [1.54, 1.807) is 0 Å². The summed E-state index contributed by atoms with van der Waals surface area (Å²) in [5, 5.41) is 5.13. The van der Waals surface area contributed by atoms with Gasteiger partial charge in [0.25, 0.3) is 0 Å².